The summed E-state index contributed by atoms with van der Waals surface area (Å²) in [6.07, 6.45) is 3.29. The van der Waals surface area contributed by atoms with Gasteiger partial charge in [-0.3, -0.25) is 14.5 Å². The fourth-order valence-corrected chi connectivity index (χ4v) is 3.95. The number of fused-ring (bicyclic) bond motifs is 1. The molecule has 0 saturated heterocycles. The molecule has 1 aliphatic rings. The van der Waals surface area contributed by atoms with Gasteiger partial charge in [-0.1, -0.05) is 24.3 Å². The molecule has 7 nitrogen and oxygen atoms in total. The number of hydrogen-bond acceptors (Lipinski definition) is 5. The highest BCUT2D eigenvalue weighted by Gasteiger charge is 2.21. The number of carbonyl (C=O) groups is 2. The number of aromatic carboxylic acids is 1. The van der Waals surface area contributed by atoms with E-state index in [1.807, 2.05) is 6.07 Å². The van der Waals surface area contributed by atoms with E-state index in [9.17, 15) is 14.7 Å². The Kier molecular flexibility index (Phi) is 5.42. The van der Waals surface area contributed by atoms with Crippen molar-refractivity contribution in [3.8, 4) is 17.0 Å². The van der Waals surface area contributed by atoms with Crippen molar-refractivity contribution in [2.24, 2.45) is 12.0 Å². The lowest BCUT2D eigenvalue weighted by molar-refractivity contribution is 0.0696. The molecule has 1 heterocycles. The molecule has 2 N–H and O–H groups in total. The monoisotopic (exact) mass is 417 g/mol. The first-order chi connectivity index (χ1) is 14.8. The van der Waals surface area contributed by atoms with Crippen LogP contribution < -0.4 is 0 Å². The van der Waals surface area contributed by atoms with E-state index in [-0.39, 0.29) is 23.6 Å². The van der Waals surface area contributed by atoms with Crippen LogP contribution in [0.3, 0.4) is 0 Å². The normalized spacial score (nSPS) is 13.3. The lowest BCUT2D eigenvalue weighted by atomic mass is 10.0. The van der Waals surface area contributed by atoms with E-state index < -0.39 is 5.97 Å². The van der Waals surface area contributed by atoms with Gasteiger partial charge in [-0.25, -0.2) is 4.79 Å². The zero-order valence-electron chi connectivity index (χ0n) is 17.4. The minimum Gasteiger partial charge on any atom is -0.504 e. The van der Waals surface area contributed by atoms with Gasteiger partial charge in [-0.15, -0.1) is 0 Å². The summed E-state index contributed by atoms with van der Waals surface area (Å²) in [6, 6.07) is 11.9. The highest BCUT2D eigenvalue weighted by atomic mass is 16.4. The zero-order valence-corrected chi connectivity index (χ0v) is 17.4. The summed E-state index contributed by atoms with van der Waals surface area (Å²) in [4.78, 5) is 27.6. The molecule has 7 heteroatoms. The highest BCUT2D eigenvalue weighted by Crippen LogP contribution is 2.35. The summed E-state index contributed by atoms with van der Waals surface area (Å²) in [7, 11) is 1.77. The Bertz CT molecular complexity index is 1210. The van der Waals surface area contributed by atoms with Crippen molar-refractivity contribution in [2.45, 2.75) is 26.2 Å². The third-order valence-corrected chi connectivity index (χ3v) is 5.65. The number of aliphatic imine (C=N–C) groups is 1. The zero-order chi connectivity index (χ0) is 22.1. The van der Waals surface area contributed by atoms with Crippen LogP contribution >= 0.6 is 0 Å². The van der Waals surface area contributed by atoms with E-state index >= 15 is 0 Å². The average molecular weight is 417 g/mol. The number of hydrogen-bond donors (Lipinski definition) is 2. The first-order valence-corrected chi connectivity index (χ1v) is 10.1. The molecule has 0 radical (unpaired) electrons. The SMILES string of the molecule is CC(=NCC(=O)c1ccc(C(=O)O)cc1)c1nn(C)c(-c2ccc3c(c2)CCC3)c1O. The summed E-state index contributed by atoms with van der Waals surface area (Å²) >= 11 is 0. The second-order valence-corrected chi connectivity index (χ2v) is 7.71. The van der Waals surface area contributed by atoms with Gasteiger partial charge in [0.1, 0.15) is 17.9 Å². The Hall–Kier alpha value is -3.74. The average Bonchev–Trinajstić information content (AvgIpc) is 3.34. The molecule has 3 aromatic rings. The van der Waals surface area contributed by atoms with Gasteiger partial charge in [0, 0.05) is 18.2 Å². The minimum absolute atomic E-state index is 0.0416. The summed E-state index contributed by atoms with van der Waals surface area (Å²) in [5.41, 5.74) is 5.49. The molecule has 1 aliphatic carbocycles. The highest BCUT2D eigenvalue weighted by molar-refractivity contribution is 6.04. The molecule has 0 saturated carbocycles. The third-order valence-electron chi connectivity index (χ3n) is 5.65. The molecular weight excluding hydrogens is 394 g/mol. The van der Waals surface area contributed by atoms with Crippen molar-refractivity contribution in [1.82, 2.24) is 9.78 Å². The number of rotatable bonds is 6. The third kappa shape index (κ3) is 3.99. The van der Waals surface area contributed by atoms with E-state index in [1.165, 1.54) is 35.4 Å². The van der Waals surface area contributed by atoms with Gasteiger partial charge in [0.05, 0.1) is 11.3 Å². The summed E-state index contributed by atoms with van der Waals surface area (Å²) in [5, 5.41) is 24.2. The van der Waals surface area contributed by atoms with Crippen LogP contribution in [-0.4, -0.2) is 44.0 Å². The van der Waals surface area contributed by atoms with Crippen LogP contribution in [0.1, 0.15) is 50.9 Å². The van der Waals surface area contributed by atoms with Crippen LogP contribution in [0.15, 0.2) is 47.5 Å². The van der Waals surface area contributed by atoms with Gasteiger partial charge in [-0.2, -0.15) is 5.10 Å². The quantitative estimate of drug-likeness (QED) is 0.470. The maximum atomic E-state index is 12.4. The maximum absolute atomic E-state index is 12.4. The van der Waals surface area contributed by atoms with Crippen LogP contribution in [-0.2, 0) is 19.9 Å². The van der Waals surface area contributed by atoms with Gasteiger partial charge in [-0.05, 0) is 55.5 Å². The first-order valence-electron chi connectivity index (χ1n) is 10.1. The van der Waals surface area contributed by atoms with Crippen LogP contribution in [0.4, 0.5) is 0 Å². The Morgan fingerprint density at radius 2 is 1.74 bits per heavy atom. The smallest absolute Gasteiger partial charge is 0.335 e. The van der Waals surface area contributed by atoms with E-state index in [0.29, 0.717) is 22.7 Å². The standard InChI is InChI=1S/C24H23N3O4/c1-14(25-13-20(28)16-7-9-17(10-8-16)24(30)31)21-23(29)22(27(2)26-21)19-11-6-15-4-3-5-18(15)12-19/h6-12,29H,3-5,13H2,1-2H3,(H,30,31). The second-order valence-electron chi connectivity index (χ2n) is 7.71. The molecule has 0 spiro atoms. The van der Waals surface area contributed by atoms with Gasteiger partial charge in [0.2, 0.25) is 0 Å². The minimum atomic E-state index is -1.04. The number of ketones is 1. The first kappa shape index (κ1) is 20.5. The van der Waals surface area contributed by atoms with E-state index in [4.69, 9.17) is 5.11 Å². The van der Waals surface area contributed by atoms with Gasteiger partial charge in [0.15, 0.2) is 11.5 Å². The molecule has 158 valence electrons. The topological polar surface area (TPSA) is 105 Å². The van der Waals surface area contributed by atoms with Crippen molar-refractivity contribution >= 4 is 17.5 Å². The van der Waals surface area contributed by atoms with Crippen molar-refractivity contribution < 1.29 is 19.8 Å². The number of carbonyl (C=O) groups excluding carboxylic acids is 1. The van der Waals surface area contributed by atoms with E-state index in [0.717, 1.165) is 24.8 Å². The Morgan fingerprint density at radius 3 is 2.45 bits per heavy atom. The molecule has 0 bridgehead atoms. The summed E-state index contributed by atoms with van der Waals surface area (Å²) in [6.45, 7) is 1.58. The lowest BCUT2D eigenvalue weighted by Crippen LogP contribution is -2.07. The fourth-order valence-electron chi connectivity index (χ4n) is 3.95. The Labute approximate surface area is 179 Å². The largest absolute Gasteiger partial charge is 0.504 e. The number of carboxylic acid groups (broad SMARTS) is 1. The molecule has 0 aliphatic heterocycles. The number of carboxylic acids is 1. The summed E-state index contributed by atoms with van der Waals surface area (Å²) < 4.78 is 1.63. The predicted octanol–water partition coefficient (Wildman–Crippen LogP) is 3.67. The number of aromatic nitrogens is 2. The van der Waals surface area contributed by atoms with Crippen molar-refractivity contribution in [3.63, 3.8) is 0 Å². The van der Waals surface area contributed by atoms with Crippen molar-refractivity contribution in [2.75, 3.05) is 6.54 Å². The van der Waals surface area contributed by atoms with E-state index in [2.05, 4.69) is 22.2 Å². The number of nitrogens with zero attached hydrogens (tertiary/aromatic N) is 3. The number of aromatic hydroxyl groups is 1. The number of benzene rings is 2. The molecule has 0 unspecified atom stereocenters. The maximum Gasteiger partial charge on any atom is 0.335 e. The van der Waals surface area contributed by atoms with Gasteiger partial charge < -0.3 is 10.2 Å². The van der Waals surface area contributed by atoms with Crippen LogP contribution in [0.5, 0.6) is 5.75 Å². The lowest BCUT2D eigenvalue weighted by Gasteiger charge is -2.06. The molecule has 0 atom stereocenters. The number of aryl methyl sites for hydroxylation is 3. The Balaban J connectivity index is 1.55. The molecule has 0 amide bonds. The predicted molar refractivity (Wildman–Crippen MR) is 117 cm³/mol. The second kappa shape index (κ2) is 8.18. The van der Waals surface area contributed by atoms with Crippen LogP contribution in [0.25, 0.3) is 11.3 Å². The Morgan fingerprint density at radius 1 is 1.06 bits per heavy atom. The molecule has 1 aromatic heterocycles. The molecule has 2 aromatic carbocycles. The van der Waals surface area contributed by atoms with Gasteiger partial charge >= 0.3 is 5.97 Å². The fraction of sp³-hybridized carbons (Fsp3) is 0.250. The van der Waals surface area contributed by atoms with Crippen LogP contribution in [0, 0.1) is 0 Å². The van der Waals surface area contributed by atoms with Crippen molar-refractivity contribution in [3.05, 3.63) is 70.4 Å². The molecule has 0 fully saturated rings. The number of Topliss-reactive ketones (excluding diaryl/α,β-unsaturated/α-hetero) is 1. The van der Waals surface area contributed by atoms with Crippen molar-refractivity contribution in [1.29, 1.82) is 0 Å². The summed E-state index contributed by atoms with van der Waals surface area (Å²) in [5.74, 6) is -1.25. The van der Waals surface area contributed by atoms with Gasteiger partial charge in [0.25, 0.3) is 0 Å². The molecule has 4 rings (SSSR count). The van der Waals surface area contributed by atoms with Crippen LogP contribution in [0.2, 0.25) is 0 Å². The van der Waals surface area contributed by atoms with E-state index in [1.54, 1.807) is 18.7 Å². The molecule has 31 heavy (non-hydrogen) atoms. The molecular formula is C24H23N3O4.